The summed E-state index contributed by atoms with van der Waals surface area (Å²) in [6.07, 6.45) is 0. The molecule has 0 amide bonds. The molecule has 4 rings (SSSR count). The van der Waals surface area contributed by atoms with Crippen molar-refractivity contribution in [1.29, 1.82) is 0 Å². The maximum atomic E-state index is 6.10. The summed E-state index contributed by atoms with van der Waals surface area (Å²) in [4.78, 5) is 9.29. The average molecular weight is 386 g/mol. The van der Waals surface area contributed by atoms with Crippen molar-refractivity contribution in [3.05, 3.63) is 77.9 Å². The fourth-order valence-electron chi connectivity index (χ4n) is 3.62. The van der Waals surface area contributed by atoms with Crippen molar-refractivity contribution in [2.75, 3.05) is 38.0 Å². The van der Waals surface area contributed by atoms with Crippen LogP contribution in [0.15, 0.2) is 66.7 Å². The lowest BCUT2D eigenvalue weighted by atomic mass is 10.0. The van der Waals surface area contributed by atoms with E-state index < -0.39 is 0 Å². The first kappa shape index (κ1) is 19.2. The highest BCUT2D eigenvalue weighted by Crippen LogP contribution is 2.31. The van der Waals surface area contributed by atoms with E-state index in [4.69, 9.17) is 9.72 Å². The third-order valence-electron chi connectivity index (χ3n) is 5.20. The van der Waals surface area contributed by atoms with Crippen molar-refractivity contribution in [3.8, 4) is 0 Å². The molecule has 0 saturated heterocycles. The zero-order valence-corrected chi connectivity index (χ0v) is 17.5. The van der Waals surface area contributed by atoms with Crippen LogP contribution >= 0.6 is 0 Å². The first-order valence-corrected chi connectivity index (χ1v) is 9.85. The summed E-state index contributed by atoms with van der Waals surface area (Å²) in [6.45, 7) is 1.11. The Morgan fingerprint density at radius 3 is 2.24 bits per heavy atom. The van der Waals surface area contributed by atoms with Gasteiger partial charge in [0.15, 0.2) is 0 Å². The molecule has 0 unspecified atom stereocenters. The first-order valence-electron chi connectivity index (χ1n) is 9.85. The number of fused-ring (bicyclic) bond motifs is 2. The monoisotopic (exact) mass is 385 g/mol. The second-order valence-corrected chi connectivity index (χ2v) is 7.77. The highest BCUT2D eigenvalue weighted by atomic mass is 16.5. The fourth-order valence-corrected chi connectivity index (χ4v) is 3.62. The lowest BCUT2D eigenvalue weighted by Gasteiger charge is -2.20. The van der Waals surface area contributed by atoms with Crippen LogP contribution in [0, 0.1) is 0 Å². The van der Waals surface area contributed by atoms with Gasteiger partial charge in [-0.25, -0.2) is 4.98 Å². The van der Waals surface area contributed by atoms with Crippen LogP contribution in [0.1, 0.15) is 11.1 Å². The van der Waals surface area contributed by atoms with Gasteiger partial charge >= 0.3 is 0 Å². The number of nitrogens with zero attached hydrogens (tertiary/aromatic N) is 3. The first-order chi connectivity index (χ1) is 14.0. The van der Waals surface area contributed by atoms with E-state index in [1.807, 2.05) is 18.2 Å². The predicted molar refractivity (Wildman–Crippen MR) is 123 cm³/mol. The third kappa shape index (κ3) is 4.03. The van der Waals surface area contributed by atoms with Crippen LogP contribution in [0.3, 0.4) is 0 Å². The highest BCUT2D eigenvalue weighted by Gasteiger charge is 2.13. The van der Waals surface area contributed by atoms with E-state index in [0.29, 0.717) is 13.2 Å². The molecule has 0 atom stereocenters. The number of hydrogen-bond donors (Lipinski definition) is 0. The van der Waals surface area contributed by atoms with Gasteiger partial charge in [-0.3, -0.25) is 0 Å². The summed E-state index contributed by atoms with van der Waals surface area (Å²) in [7, 11) is 8.23. The van der Waals surface area contributed by atoms with Crippen molar-refractivity contribution in [2.45, 2.75) is 13.2 Å². The van der Waals surface area contributed by atoms with Crippen molar-refractivity contribution >= 4 is 33.2 Å². The Morgan fingerprint density at radius 1 is 0.759 bits per heavy atom. The smallest absolute Gasteiger partial charge is 0.0785 e. The van der Waals surface area contributed by atoms with Crippen LogP contribution in [-0.2, 0) is 18.0 Å². The van der Waals surface area contributed by atoms with Gasteiger partial charge in [-0.2, -0.15) is 0 Å². The Bertz CT molecular complexity index is 1140. The summed E-state index contributed by atoms with van der Waals surface area (Å²) in [5.74, 6) is 0. The van der Waals surface area contributed by atoms with Gasteiger partial charge in [0.1, 0.15) is 0 Å². The van der Waals surface area contributed by atoms with Gasteiger partial charge in [0, 0.05) is 55.9 Å². The quantitative estimate of drug-likeness (QED) is 0.425. The number of pyridine rings is 1. The molecule has 0 radical (unpaired) electrons. The SMILES string of the molecule is CN(C)c1ccc2cc3ccc(N(C)C)c(COCc4ccccc4)c3nc2c1. The van der Waals surface area contributed by atoms with E-state index in [2.05, 4.69) is 86.5 Å². The Hall–Kier alpha value is -3.11. The standard InChI is InChI=1S/C25H27N3O/c1-27(2)21-12-10-19-14-20-11-13-24(28(3)4)22(25(20)26-23(19)15-21)17-29-16-18-8-6-5-7-9-18/h5-15H,16-17H2,1-4H3. The minimum Gasteiger partial charge on any atom is -0.378 e. The summed E-state index contributed by atoms with van der Waals surface area (Å²) in [5, 5.41) is 2.29. The molecule has 0 aliphatic heterocycles. The Labute approximate surface area is 172 Å². The molecule has 0 aliphatic rings. The van der Waals surface area contributed by atoms with Crippen LogP contribution in [0.25, 0.3) is 21.8 Å². The number of anilines is 2. The van der Waals surface area contributed by atoms with Crippen molar-refractivity contribution in [2.24, 2.45) is 0 Å². The molecular weight excluding hydrogens is 358 g/mol. The van der Waals surface area contributed by atoms with Crippen LogP contribution in [0.5, 0.6) is 0 Å². The van der Waals surface area contributed by atoms with Crippen LogP contribution in [0.4, 0.5) is 11.4 Å². The van der Waals surface area contributed by atoms with E-state index in [9.17, 15) is 0 Å². The molecule has 29 heavy (non-hydrogen) atoms. The summed E-state index contributed by atoms with van der Waals surface area (Å²) in [6, 6.07) is 23.2. The number of ether oxygens (including phenoxy) is 1. The highest BCUT2D eigenvalue weighted by molar-refractivity contribution is 5.97. The number of hydrogen-bond acceptors (Lipinski definition) is 4. The van der Waals surface area contributed by atoms with Crippen molar-refractivity contribution < 1.29 is 4.74 Å². The molecule has 4 heteroatoms. The zero-order valence-electron chi connectivity index (χ0n) is 17.5. The molecule has 0 N–H and O–H groups in total. The maximum absolute atomic E-state index is 6.10. The summed E-state index contributed by atoms with van der Waals surface area (Å²) >= 11 is 0. The Kier molecular flexibility index (Phi) is 5.36. The molecular formula is C25H27N3O. The number of benzene rings is 3. The molecule has 4 aromatic rings. The van der Waals surface area contributed by atoms with Gasteiger partial charge in [0.2, 0.25) is 0 Å². The fraction of sp³-hybridized carbons (Fsp3) is 0.240. The van der Waals surface area contributed by atoms with Crippen LogP contribution < -0.4 is 9.80 Å². The minimum atomic E-state index is 0.519. The zero-order chi connectivity index (χ0) is 20.4. The summed E-state index contributed by atoms with van der Waals surface area (Å²) < 4.78 is 6.10. The maximum Gasteiger partial charge on any atom is 0.0785 e. The largest absolute Gasteiger partial charge is 0.378 e. The molecule has 0 spiro atoms. The van der Waals surface area contributed by atoms with Gasteiger partial charge in [-0.1, -0.05) is 42.5 Å². The minimum absolute atomic E-state index is 0.519. The number of aromatic nitrogens is 1. The molecule has 3 aromatic carbocycles. The average Bonchev–Trinajstić information content (AvgIpc) is 2.72. The van der Waals surface area contributed by atoms with E-state index in [1.54, 1.807) is 0 Å². The predicted octanol–water partition coefficient (Wildman–Crippen LogP) is 5.24. The second kappa shape index (κ2) is 8.10. The van der Waals surface area contributed by atoms with Gasteiger partial charge in [-0.15, -0.1) is 0 Å². The van der Waals surface area contributed by atoms with Gasteiger partial charge in [0.05, 0.1) is 24.2 Å². The second-order valence-electron chi connectivity index (χ2n) is 7.77. The lowest BCUT2D eigenvalue weighted by molar-refractivity contribution is 0.108. The molecule has 0 fully saturated rings. The van der Waals surface area contributed by atoms with Gasteiger partial charge in [-0.05, 0) is 29.8 Å². The molecule has 0 aliphatic carbocycles. The number of rotatable bonds is 6. The van der Waals surface area contributed by atoms with Crippen LogP contribution in [0.2, 0.25) is 0 Å². The molecule has 0 saturated carbocycles. The molecule has 4 nitrogen and oxygen atoms in total. The Morgan fingerprint density at radius 2 is 1.52 bits per heavy atom. The Balaban J connectivity index is 1.76. The van der Waals surface area contributed by atoms with Gasteiger partial charge < -0.3 is 14.5 Å². The van der Waals surface area contributed by atoms with Crippen molar-refractivity contribution in [1.82, 2.24) is 4.98 Å². The van der Waals surface area contributed by atoms with E-state index in [-0.39, 0.29) is 0 Å². The molecule has 1 heterocycles. The molecule has 0 bridgehead atoms. The van der Waals surface area contributed by atoms with E-state index in [0.717, 1.165) is 38.7 Å². The molecule has 1 aromatic heterocycles. The topological polar surface area (TPSA) is 28.6 Å². The normalized spacial score (nSPS) is 11.2. The van der Waals surface area contributed by atoms with Gasteiger partial charge in [0.25, 0.3) is 0 Å². The third-order valence-corrected chi connectivity index (χ3v) is 5.20. The molecule has 148 valence electrons. The summed E-state index contributed by atoms with van der Waals surface area (Å²) in [5.41, 5.74) is 6.60. The van der Waals surface area contributed by atoms with Crippen molar-refractivity contribution in [3.63, 3.8) is 0 Å². The lowest BCUT2D eigenvalue weighted by Crippen LogP contribution is -2.12. The van der Waals surface area contributed by atoms with E-state index >= 15 is 0 Å². The van der Waals surface area contributed by atoms with Crippen LogP contribution in [-0.4, -0.2) is 33.2 Å². The van der Waals surface area contributed by atoms with E-state index in [1.165, 1.54) is 5.56 Å².